The van der Waals surface area contributed by atoms with Crippen LogP contribution < -0.4 is 16.5 Å². The molecule has 0 bridgehead atoms. The van der Waals surface area contributed by atoms with Crippen LogP contribution in [0.15, 0.2) is 54.6 Å². The molecule has 26 heavy (non-hydrogen) atoms. The summed E-state index contributed by atoms with van der Waals surface area (Å²) in [5.74, 6) is -1.24. The Labute approximate surface area is 149 Å². The highest BCUT2D eigenvalue weighted by Crippen LogP contribution is 2.07. The molecule has 0 saturated carbocycles. The molecule has 0 spiro atoms. The van der Waals surface area contributed by atoms with Crippen LogP contribution in [0.25, 0.3) is 0 Å². The van der Waals surface area contributed by atoms with E-state index in [0.717, 1.165) is 5.56 Å². The van der Waals surface area contributed by atoms with Gasteiger partial charge in [0.15, 0.2) is 0 Å². The van der Waals surface area contributed by atoms with Crippen LogP contribution in [0, 0.1) is 11.3 Å². The van der Waals surface area contributed by atoms with E-state index in [0.29, 0.717) is 5.56 Å². The van der Waals surface area contributed by atoms with Gasteiger partial charge in [0, 0.05) is 12.0 Å². The first-order valence-corrected chi connectivity index (χ1v) is 7.60. The van der Waals surface area contributed by atoms with Crippen molar-refractivity contribution in [1.82, 2.24) is 10.8 Å². The fourth-order valence-corrected chi connectivity index (χ4v) is 2.17. The zero-order chi connectivity index (χ0) is 18.9. The minimum Gasteiger partial charge on any atom is -0.340 e. The van der Waals surface area contributed by atoms with E-state index < -0.39 is 23.9 Å². The molecule has 1 atom stereocenters. The maximum atomic E-state index is 12.4. The Hall–Kier alpha value is -3.86. The van der Waals surface area contributed by atoms with Crippen LogP contribution >= 0.6 is 0 Å². The molecular weight excluding hydrogens is 336 g/mol. The van der Waals surface area contributed by atoms with Crippen LogP contribution in [0.1, 0.15) is 21.5 Å². The lowest BCUT2D eigenvalue weighted by Gasteiger charge is -2.18. The van der Waals surface area contributed by atoms with E-state index in [1.807, 2.05) is 17.6 Å². The zero-order valence-corrected chi connectivity index (χ0v) is 13.6. The number of hydrogen-bond donors (Lipinski definition) is 3. The van der Waals surface area contributed by atoms with Gasteiger partial charge >= 0.3 is 6.09 Å². The van der Waals surface area contributed by atoms with E-state index in [2.05, 4.69) is 10.2 Å². The molecule has 2 aromatic rings. The number of carbonyl (C=O) groups is 3. The first-order valence-electron chi connectivity index (χ1n) is 7.60. The van der Waals surface area contributed by atoms with E-state index >= 15 is 0 Å². The number of hydrogen-bond acceptors (Lipinski definition) is 5. The first kappa shape index (κ1) is 18.5. The number of hydroxylamine groups is 1. The van der Waals surface area contributed by atoms with Gasteiger partial charge in [0.05, 0.1) is 11.6 Å². The standard InChI is InChI=1S/C18H16N4O4/c19-11-13-6-8-14(9-7-13)16(23)21-15(17(24)22-26-18(20)25)10-12-4-2-1-3-5-12/h1-9,15H,10H2,(H2,20,25)(H,21,23)(H,22,24). The van der Waals surface area contributed by atoms with Gasteiger partial charge < -0.3 is 15.9 Å². The van der Waals surface area contributed by atoms with E-state index in [4.69, 9.17) is 11.0 Å². The molecule has 8 heteroatoms. The summed E-state index contributed by atoms with van der Waals surface area (Å²) >= 11 is 0. The first-order chi connectivity index (χ1) is 12.5. The Morgan fingerprint density at radius 1 is 1.08 bits per heavy atom. The van der Waals surface area contributed by atoms with Gasteiger partial charge in [0.1, 0.15) is 6.04 Å². The molecule has 0 aromatic heterocycles. The summed E-state index contributed by atoms with van der Waals surface area (Å²) in [5, 5.41) is 11.4. The highest BCUT2D eigenvalue weighted by molar-refractivity contribution is 5.97. The molecule has 0 aliphatic rings. The Morgan fingerprint density at radius 2 is 1.73 bits per heavy atom. The van der Waals surface area contributed by atoms with Crippen LogP contribution in [0.2, 0.25) is 0 Å². The van der Waals surface area contributed by atoms with Gasteiger partial charge in [-0.25, -0.2) is 4.79 Å². The Kier molecular flexibility index (Phi) is 6.28. The third kappa shape index (κ3) is 5.35. The van der Waals surface area contributed by atoms with Crippen molar-refractivity contribution >= 4 is 17.9 Å². The molecule has 4 N–H and O–H groups in total. The van der Waals surface area contributed by atoms with Crippen molar-refractivity contribution in [2.45, 2.75) is 12.5 Å². The average molecular weight is 352 g/mol. The van der Waals surface area contributed by atoms with Crippen molar-refractivity contribution in [3.8, 4) is 6.07 Å². The summed E-state index contributed by atoms with van der Waals surface area (Å²) in [5.41, 5.74) is 8.22. The molecule has 3 amide bonds. The third-order valence-corrected chi connectivity index (χ3v) is 3.43. The van der Waals surface area contributed by atoms with E-state index in [-0.39, 0.29) is 12.0 Å². The molecule has 132 valence electrons. The van der Waals surface area contributed by atoms with Gasteiger partial charge in [-0.05, 0) is 29.8 Å². The van der Waals surface area contributed by atoms with Crippen LogP contribution in [-0.4, -0.2) is 23.9 Å². The van der Waals surface area contributed by atoms with Crippen LogP contribution in [0.3, 0.4) is 0 Å². The molecule has 0 fully saturated rings. The highest BCUT2D eigenvalue weighted by Gasteiger charge is 2.23. The summed E-state index contributed by atoms with van der Waals surface area (Å²) in [6, 6.07) is 15.9. The summed E-state index contributed by atoms with van der Waals surface area (Å²) in [4.78, 5) is 39.6. The number of nitriles is 1. The zero-order valence-electron chi connectivity index (χ0n) is 13.6. The minimum absolute atomic E-state index is 0.177. The summed E-state index contributed by atoms with van der Waals surface area (Å²) in [6.45, 7) is 0. The molecular formula is C18H16N4O4. The monoisotopic (exact) mass is 352 g/mol. The van der Waals surface area contributed by atoms with Crippen molar-refractivity contribution in [2.24, 2.45) is 5.73 Å². The maximum Gasteiger partial charge on any atom is 0.428 e. The summed E-state index contributed by atoms with van der Waals surface area (Å²) < 4.78 is 0. The van der Waals surface area contributed by atoms with Crippen LogP contribution in [0.5, 0.6) is 0 Å². The Morgan fingerprint density at radius 3 is 2.31 bits per heavy atom. The third-order valence-electron chi connectivity index (χ3n) is 3.43. The molecule has 0 radical (unpaired) electrons. The normalized spacial score (nSPS) is 10.9. The molecule has 8 nitrogen and oxygen atoms in total. The molecule has 0 aliphatic heterocycles. The number of nitrogens with one attached hydrogen (secondary N) is 2. The number of benzene rings is 2. The van der Waals surface area contributed by atoms with Gasteiger partial charge in [-0.1, -0.05) is 30.3 Å². The van der Waals surface area contributed by atoms with Crippen molar-refractivity contribution in [3.05, 3.63) is 71.3 Å². The minimum atomic E-state index is -1.17. The molecule has 2 rings (SSSR count). The van der Waals surface area contributed by atoms with Crippen molar-refractivity contribution in [1.29, 1.82) is 5.26 Å². The van der Waals surface area contributed by atoms with Crippen molar-refractivity contribution in [3.63, 3.8) is 0 Å². The van der Waals surface area contributed by atoms with E-state index in [1.165, 1.54) is 24.3 Å². The largest absolute Gasteiger partial charge is 0.428 e. The van der Waals surface area contributed by atoms with Gasteiger partial charge in [-0.15, -0.1) is 0 Å². The number of amides is 3. The number of nitrogens with two attached hydrogens (primary N) is 1. The quantitative estimate of drug-likeness (QED) is 0.691. The lowest BCUT2D eigenvalue weighted by atomic mass is 10.0. The second kappa shape index (κ2) is 8.84. The van der Waals surface area contributed by atoms with E-state index in [9.17, 15) is 14.4 Å². The number of primary amides is 1. The predicted molar refractivity (Wildman–Crippen MR) is 91.4 cm³/mol. The van der Waals surface area contributed by atoms with E-state index in [1.54, 1.807) is 24.3 Å². The van der Waals surface area contributed by atoms with Crippen LogP contribution in [0.4, 0.5) is 4.79 Å². The second-order valence-electron chi connectivity index (χ2n) is 5.29. The van der Waals surface area contributed by atoms with Crippen LogP contribution in [-0.2, 0) is 16.1 Å². The summed E-state index contributed by atoms with van der Waals surface area (Å²) in [6.07, 6.45) is -0.994. The lowest BCUT2D eigenvalue weighted by Crippen LogP contribution is -2.48. The Balaban J connectivity index is 2.13. The average Bonchev–Trinajstić information content (AvgIpc) is 2.66. The predicted octanol–water partition coefficient (Wildman–Crippen LogP) is 1.03. The SMILES string of the molecule is N#Cc1ccc(C(=O)NC(Cc2ccccc2)C(=O)NOC(N)=O)cc1. The lowest BCUT2D eigenvalue weighted by molar-refractivity contribution is -0.131. The molecule has 0 aliphatic carbocycles. The highest BCUT2D eigenvalue weighted by atomic mass is 16.7. The number of carbonyl (C=O) groups excluding carboxylic acids is 3. The molecule has 1 unspecified atom stereocenters. The van der Waals surface area contributed by atoms with Crippen molar-refractivity contribution < 1.29 is 19.2 Å². The topological polar surface area (TPSA) is 134 Å². The molecule has 0 heterocycles. The second-order valence-corrected chi connectivity index (χ2v) is 5.29. The number of nitrogens with zero attached hydrogens (tertiary/aromatic N) is 1. The van der Waals surface area contributed by atoms with Gasteiger partial charge in [0.2, 0.25) is 0 Å². The fraction of sp³-hybridized carbons (Fsp3) is 0.111. The van der Waals surface area contributed by atoms with Gasteiger partial charge in [-0.3, -0.25) is 9.59 Å². The van der Waals surface area contributed by atoms with Crippen molar-refractivity contribution in [2.75, 3.05) is 0 Å². The Bertz CT molecular complexity index is 829. The smallest absolute Gasteiger partial charge is 0.340 e. The van der Waals surface area contributed by atoms with Gasteiger partial charge in [0.25, 0.3) is 11.8 Å². The maximum absolute atomic E-state index is 12.4. The fourth-order valence-electron chi connectivity index (χ4n) is 2.17. The molecule has 2 aromatic carbocycles. The molecule has 0 saturated heterocycles. The summed E-state index contributed by atoms with van der Waals surface area (Å²) in [7, 11) is 0. The number of rotatable bonds is 5. The van der Waals surface area contributed by atoms with Gasteiger partial charge in [-0.2, -0.15) is 10.7 Å².